The van der Waals surface area contributed by atoms with Gasteiger partial charge in [0.25, 0.3) is 0 Å². The van der Waals surface area contributed by atoms with Crippen molar-refractivity contribution in [2.75, 3.05) is 13.3 Å². The summed E-state index contributed by atoms with van der Waals surface area (Å²) >= 11 is 6.28. The SMILES string of the molecule is NCCc1ccc(Cl)c(-c2ccc3c(c2)OCO3)c1. The van der Waals surface area contributed by atoms with Gasteiger partial charge in [-0.3, -0.25) is 0 Å². The molecule has 0 atom stereocenters. The minimum atomic E-state index is 0.278. The molecule has 0 unspecified atom stereocenters. The van der Waals surface area contributed by atoms with Gasteiger partial charge >= 0.3 is 0 Å². The van der Waals surface area contributed by atoms with Gasteiger partial charge in [0.15, 0.2) is 11.5 Å². The van der Waals surface area contributed by atoms with E-state index >= 15 is 0 Å². The summed E-state index contributed by atoms with van der Waals surface area (Å²) in [7, 11) is 0. The maximum atomic E-state index is 6.28. The number of hydrogen-bond acceptors (Lipinski definition) is 3. The largest absolute Gasteiger partial charge is 0.454 e. The van der Waals surface area contributed by atoms with E-state index in [4.69, 9.17) is 26.8 Å². The molecule has 1 aliphatic heterocycles. The Bertz CT molecular complexity index is 613. The van der Waals surface area contributed by atoms with Crippen LogP contribution >= 0.6 is 11.6 Å². The first-order chi connectivity index (χ1) is 9.28. The molecule has 0 radical (unpaired) electrons. The van der Waals surface area contributed by atoms with Gasteiger partial charge in [0.1, 0.15) is 0 Å². The first-order valence-corrected chi connectivity index (χ1v) is 6.54. The number of benzene rings is 2. The lowest BCUT2D eigenvalue weighted by atomic mass is 10.0. The molecule has 0 aromatic heterocycles. The van der Waals surface area contributed by atoms with E-state index in [9.17, 15) is 0 Å². The zero-order valence-corrected chi connectivity index (χ0v) is 11.1. The van der Waals surface area contributed by atoms with Crippen LogP contribution in [0.1, 0.15) is 5.56 Å². The Hall–Kier alpha value is -1.71. The summed E-state index contributed by atoms with van der Waals surface area (Å²) in [6.45, 7) is 0.905. The van der Waals surface area contributed by atoms with Crippen LogP contribution < -0.4 is 15.2 Å². The molecule has 19 heavy (non-hydrogen) atoms. The van der Waals surface area contributed by atoms with Gasteiger partial charge in [-0.1, -0.05) is 23.7 Å². The van der Waals surface area contributed by atoms with Crippen LogP contribution in [0.4, 0.5) is 0 Å². The highest BCUT2D eigenvalue weighted by molar-refractivity contribution is 6.33. The topological polar surface area (TPSA) is 44.5 Å². The summed E-state index contributed by atoms with van der Waals surface area (Å²) in [5.74, 6) is 1.54. The predicted molar refractivity (Wildman–Crippen MR) is 75.8 cm³/mol. The Morgan fingerprint density at radius 1 is 1.05 bits per heavy atom. The number of fused-ring (bicyclic) bond motifs is 1. The summed E-state index contributed by atoms with van der Waals surface area (Å²) in [5, 5.41) is 0.722. The zero-order valence-electron chi connectivity index (χ0n) is 10.4. The Morgan fingerprint density at radius 3 is 2.74 bits per heavy atom. The van der Waals surface area contributed by atoms with Crippen LogP contribution in [0.25, 0.3) is 11.1 Å². The molecule has 3 rings (SSSR count). The third kappa shape index (κ3) is 2.39. The molecule has 1 aliphatic rings. The molecule has 0 saturated heterocycles. The zero-order chi connectivity index (χ0) is 13.2. The molecule has 0 amide bonds. The molecule has 3 nitrogen and oxygen atoms in total. The summed E-state index contributed by atoms with van der Waals surface area (Å²) < 4.78 is 10.7. The van der Waals surface area contributed by atoms with E-state index < -0.39 is 0 Å². The Balaban J connectivity index is 2.03. The van der Waals surface area contributed by atoms with Gasteiger partial charge in [0.05, 0.1) is 0 Å². The average molecular weight is 276 g/mol. The fourth-order valence-electron chi connectivity index (χ4n) is 2.18. The minimum Gasteiger partial charge on any atom is -0.454 e. The van der Waals surface area contributed by atoms with Crippen molar-refractivity contribution < 1.29 is 9.47 Å². The summed E-state index contributed by atoms with van der Waals surface area (Å²) in [4.78, 5) is 0. The number of halogens is 1. The van der Waals surface area contributed by atoms with Crippen molar-refractivity contribution in [2.45, 2.75) is 6.42 Å². The highest BCUT2D eigenvalue weighted by Crippen LogP contribution is 2.38. The number of hydrogen-bond donors (Lipinski definition) is 1. The van der Waals surface area contributed by atoms with Crippen molar-refractivity contribution in [3.63, 3.8) is 0 Å². The van der Waals surface area contributed by atoms with Crippen LogP contribution in [0.3, 0.4) is 0 Å². The normalized spacial score (nSPS) is 12.7. The first kappa shape index (κ1) is 12.3. The summed E-state index contributed by atoms with van der Waals surface area (Å²) in [5.41, 5.74) is 8.78. The molecular weight excluding hydrogens is 262 g/mol. The lowest BCUT2D eigenvalue weighted by Crippen LogP contribution is -2.02. The Kier molecular flexibility index (Phi) is 3.32. The molecular formula is C15H14ClNO2. The highest BCUT2D eigenvalue weighted by Gasteiger charge is 2.15. The third-order valence-electron chi connectivity index (χ3n) is 3.15. The van der Waals surface area contributed by atoms with Gasteiger partial charge in [-0.25, -0.2) is 0 Å². The van der Waals surface area contributed by atoms with Gasteiger partial charge in [-0.05, 0) is 48.4 Å². The van der Waals surface area contributed by atoms with Crippen LogP contribution in [0.15, 0.2) is 36.4 Å². The van der Waals surface area contributed by atoms with E-state index in [1.165, 1.54) is 5.56 Å². The van der Waals surface area contributed by atoms with Crippen molar-refractivity contribution in [3.8, 4) is 22.6 Å². The maximum absolute atomic E-state index is 6.28. The van der Waals surface area contributed by atoms with Crippen LogP contribution in [-0.2, 0) is 6.42 Å². The second-order valence-corrected chi connectivity index (χ2v) is 4.83. The molecule has 0 saturated carbocycles. The molecule has 2 N–H and O–H groups in total. The molecule has 98 valence electrons. The number of rotatable bonds is 3. The monoisotopic (exact) mass is 275 g/mol. The van der Waals surface area contributed by atoms with Gasteiger partial charge in [0.2, 0.25) is 6.79 Å². The Morgan fingerprint density at radius 2 is 1.89 bits per heavy atom. The predicted octanol–water partition coefficient (Wildman–Crippen LogP) is 3.24. The molecule has 2 aromatic rings. The second-order valence-electron chi connectivity index (χ2n) is 4.42. The second kappa shape index (κ2) is 5.11. The summed E-state index contributed by atoms with van der Waals surface area (Å²) in [6.07, 6.45) is 0.842. The van der Waals surface area contributed by atoms with Gasteiger partial charge in [-0.2, -0.15) is 0 Å². The lowest BCUT2D eigenvalue weighted by Gasteiger charge is -2.08. The van der Waals surface area contributed by atoms with Gasteiger partial charge in [0, 0.05) is 10.6 Å². The summed E-state index contributed by atoms with van der Waals surface area (Å²) in [6, 6.07) is 11.8. The number of nitrogens with two attached hydrogens (primary N) is 1. The molecule has 4 heteroatoms. The minimum absolute atomic E-state index is 0.278. The maximum Gasteiger partial charge on any atom is 0.231 e. The highest BCUT2D eigenvalue weighted by atomic mass is 35.5. The van der Waals surface area contributed by atoms with Crippen LogP contribution in [-0.4, -0.2) is 13.3 Å². The molecule has 2 aromatic carbocycles. The first-order valence-electron chi connectivity index (χ1n) is 6.16. The standard InChI is InChI=1S/C15H14ClNO2/c16-13-3-1-10(5-6-17)7-12(13)11-2-4-14-15(8-11)19-9-18-14/h1-4,7-8H,5-6,9,17H2. The van der Waals surface area contributed by atoms with Crippen LogP contribution in [0, 0.1) is 0 Å². The van der Waals surface area contributed by atoms with E-state index in [1.807, 2.05) is 30.3 Å². The van der Waals surface area contributed by atoms with Crippen molar-refractivity contribution >= 4 is 11.6 Å². The van der Waals surface area contributed by atoms with E-state index in [1.54, 1.807) is 0 Å². The molecule has 1 heterocycles. The van der Waals surface area contributed by atoms with Crippen molar-refractivity contribution in [3.05, 3.63) is 47.0 Å². The third-order valence-corrected chi connectivity index (χ3v) is 3.48. The van der Waals surface area contributed by atoms with Crippen molar-refractivity contribution in [1.82, 2.24) is 0 Å². The molecule has 0 fully saturated rings. The van der Waals surface area contributed by atoms with Crippen molar-refractivity contribution in [2.24, 2.45) is 5.73 Å². The van der Waals surface area contributed by atoms with Gasteiger partial charge in [-0.15, -0.1) is 0 Å². The fourth-order valence-corrected chi connectivity index (χ4v) is 2.41. The van der Waals surface area contributed by atoms with Crippen molar-refractivity contribution in [1.29, 1.82) is 0 Å². The Labute approximate surface area is 116 Å². The van der Waals surface area contributed by atoms with E-state index in [0.29, 0.717) is 6.54 Å². The van der Waals surface area contributed by atoms with Crippen LogP contribution in [0.2, 0.25) is 5.02 Å². The van der Waals surface area contributed by atoms with Gasteiger partial charge < -0.3 is 15.2 Å². The molecule has 0 bridgehead atoms. The quantitative estimate of drug-likeness (QED) is 0.935. The van der Waals surface area contributed by atoms with E-state index in [0.717, 1.165) is 34.1 Å². The number of ether oxygens (including phenoxy) is 2. The molecule has 0 spiro atoms. The van der Waals surface area contributed by atoms with E-state index in [2.05, 4.69) is 6.07 Å². The lowest BCUT2D eigenvalue weighted by molar-refractivity contribution is 0.174. The van der Waals surface area contributed by atoms with Crippen LogP contribution in [0.5, 0.6) is 11.5 Å². The smallest absolute Gasteiger partial charge is 0.231 e. The van der Waals surface area contributed by atoms with E-state index in [-0.39, 0.29) is 6.79 Å². The average Bonchev–Trinajstić information content (AvgIpc) is 2.88. The molecule has 0 aliphatic carbocycles. The fraction of sp³-hybridized carbons (Fsp3) is 0.200.